The van der Waals surface area contributed by atoms with Crippen LogP contribution in [0.2, 0.25) is 0 Å². The number of rotatable bonds is 6. The number of hydrogen-bond acceptors (Lipinski definition) is 3. The lowest BCUT2D eigenvalue weighted by Crippen LogP contribution is -2.31. The Morgan fingerprint density at radius 2 is 2.04 bits per heavy atom. The minimum absolute atomic E-state index is 0.143. The van der Waals surface area contributed by atoms with Crippen molar-refractivity contribution >= 4 is 11.6 Å². The molecule has 1 fully saturated rings. The topological polar surface area (TPSA) is 59.8 Å². The van der Waals surface area contributed by atoms with Gasteiger partial charge in [0.15, 0.2) is 5.69 Å². The van der Waals surface area contributed by atoms with Crippen LogP contribution in [0.1, 0.15) is 55.7 Å². The summed E-state index contributed by atoms with van der Waals surface area (Å²) in [5.41, 5.74) is 1.79. The number of carbonyl (C=O) groups is 1. The van der Waals surface area contributed by atoms with Gasteiger partial charge in [-0.05, 0) is 50.7 Å². The van der Waals surface area contributed by atoms with E-state index in [-0.39, 0.29) is 5.91 Å². The van der Waals surface area contributed by atoms with Crippen molar-refractivity contribution in [2.75, 3.05) is 6.54 Å². The van der Waals surface area contributed by atoms with Gasteiger partial charge in [0, 0.05) is 6.54 Å². The maximum absolute atomic E-state index is 12.4. The average Bonchev–Trinajstić information content (AvgIpc) is 2.96. The Morgan fingerprint density at radius 3 is 2.67 bits per heavy atom. The van der Waals surface area contributed by atoms with E-state index in [9.17, 15) is 4.79 Å². The van der Waals surface area contributed by atoms with Crippen molar-refractivity contribution in [3.8, 4) is 0 Å². The van der Waals surface area contributed by atoms with E-state index in [1.54, 1.807) is 6.08 Å². The lowest BCUT2D eigenvalue weighted by Gasteiger charge is -2.26. The predicted molar refractivity (Wildman–Crippen MR) is 97.5 cm³/mol. The van der Waals surface area contributed by atoms with E-state index >= 15 is 0 Å². The van der Waals surface area contributed by atoms with Crippen molar-refractivity contribution in [3.05, 3.63) is 42.3 Å². The normalized spacial score (nSPS) is 21.9. The summed E-state index contributed by atoms with van der Waals surface area (Å²) in [7, 11) is 0. The summed E-state index contributed by atoms with van der Waals surface area (Å²) in [5, 5.41) is 11.7. The molecule has 0 aromatic carbocycles. The van der Waals surface area contributed by atoms with Gasteiger partial charge in [-0.25, -0.2) is 0 Å². The number of allylic oxidation sites excluding steroid dienone is 5. The van der Waals surface area contributed by atoms with Crippen molar-refractivity contribution in [1.82, 2.24) is 20.3 Å². The van der Waals surface area contributed by atoms with E-state index in [4.69, 9.17) is 0 Å². The van der Waals surface area contributed by atoms with Gasteiger partial charge in [-0.3, -0.25) is 4.79 Å². The van der Waals surface area contributed by atoms with Crippen molar-refractivity contribution in [2.24, 2.45) is 11.8 Å². The first-order valence-electron chi connectivity index (χ1n) is 8.73. The standard InChI is InChI=1S/C19H28N4O/c1-5-7-17(8-6-2)23-21-15(4)18(22-23)19(24)20-13-16-11-9-14(3)10-12-16/h5-8,14,16H,1,9-13H2,2-4H3,(H,20,24)/b8-6-,17-7+. The molecule has 1 amide bonds. The number of nitrogens with zero attached hydrogens (tertiary/aromatic N) is 3. The van der Waals surface area contributed by atoms with Crippen LogP contribution in [0.15, 0.2) is 30.9 Å². The Kier molecular flexibility index (Phi) is 6.53. The monoisotopic (exact) mass is 328 g/mol. The minimum atomic E-state index is -0.143. The third kappa shape index (κ3) is 4.66. The van der Waals surface area contributed by atoms with Gasteiger partial charge in [0.25, 0.3) is 5.91 Å². The second-order valence-electron chi connectivity index (χ2n) is 6.59. The molecule has 0 bridgehead atoms. The van der Waals surface area contributed by atoms with Gasteiger partial charge < -0.3 is 5.32 Å². The number of hydrogen-bond donors (Lipinski definition) is 1. The third-order valence-corrected chi connectivity index (χ3v) is 4.54. The molecule has 24 heavy (non-hydrogen) atoms. The Hall–Kier alpha value is -2.17. The quantitative estimate of drug-likeness (QED) is 0.809. The van der Waals surface area contributed by atoms with Crippen molar-refractivity contribution in [1.29, 1.82) is 0 Å². The number of carbonyl (C=O) groups excluding carboxylic acids is 1. The molecule has 2 rings (SSSR count). The first kappa shape index (κ1) is 18.2. The van der Waals surface area contributed by atoms with E-state index in [1.807, 2.05) is 32.1 Å². The van der Waals surface area contributed by atoms with Crippen molar-refractivity contribution in [3.63, 3.8) is 0 Å². The maximum atomic E-state index is 12.4. The summed E-state index contributed by atoms with van der Waals surface area (Å²) in [6.07, 6.45) is 12.2. The molecule has 1 heterocycles. The Bertz CT molecular complexity index is 634. The molecule has 5 nitrogen and oxygen atoms in total. The van der Waals surface area contributed by atoms with E-state index in [2.05, 4.69) is 29.0 Å². The summed E-state index contributed by atoms with van der Waals surface area (Å²) < 4.78 is 0. The molecule has 0 saturated heterocycles. The van der Waals surface area contributed by atoms with Crippen LogP contribution in [0, 0.1) is 18.8 Å². The van der Waals surface area contributed by atoms with Gasteiger partial charge >= 0.3 is 0 Å². The third-order valence-electron chi connectivity index (χ3n) is 4.54. The van der Waals surface area contributed by atoms with E-state index in [1.165, 1.54) is 30.5 Å². The highest BCUT2D eigenvalue weighted by molar-refractivity contribution is 5.93. The molecule has 0 unspecified atom stereocenters. The largest absolute Gasteiger partial charge is 0.350 e. The van der Waals surface area contributed by atoms with Gasteiger partial charge in [0.1, 0.15) is 0 Å². The number of amides is 1. The molecular weight excluding hydrogens is 300 g/mol. The SMILES string of the molecule is C=C/C=C(\C=C/C)n1nc(C)c(C(=O)NCC2CCC(C)CC2)n1. The molecule has 1 aromatic heterocycles. The molecule has 1 aliphatic carbocycles. The molecular formula is C19H28N4O. The Balaban J connectivity index is 2.02. The van der Waals surface area contributed by atoms with Crippen LogP contribution in [-0.4, -0.2) is 27.4 Å². The first-order valence-corrected chi connectivity index (χ1v) is 8.73. The van der Waals surface area contributed by atoms with Gasteiger partial charge in [-0.2, -0.15) is 9.90 Å². The number of aromatic nitrogens is 3. The highest BCUT2D eigenvalue weighted by atomic mass is 16.2. The molecule has 5 heteroatoms. The molecule has 1 aliphatic rings. The van der Waals surface area contributed by atoms with E-state index in [0.717, 1.165) is 18.2 Å². The van der Waals surface area contributed by atoms with Gasteiger partial charge in [0.2, 0.25) is 0 Å². The fraction of sp³-hybridized carbons (Fsp3) is 0.526. The smallest absolute Gasteiger partial charge is 0.273 e. The molecule has 0 spiro atoms. The van der Waals surface area contributed by atoms with Gasteiger partial charge in [-0.15, -0.1) is 5.10 Å². The van der Waals surface area contributed by atoms with Crippen LogP contribution in [-0.2, 0) is 0 Å². The molecule has 1 N–H and O–H groups in total. The summed E-state index contributed by atoms with van der Waals surface area (Å²) in [6.45, 7) is 10.5. The fourth-order valence-electron chi connectivity index (χ4n) is 3.04. The van der Waals surface area contributed by atoms with Gasteiger partial charge in [-0.1, -0.05) is 38.5 Å². The molecule has 0 radical (unpaired) electrons. The molecule has 0 aliphatic heterocycles. The average molecular weight is 328 g/mol. The number of aryl methyl sites for hydroxylation is 1. The second kappa shape index (κ2) is 8.62. The van der Waals surface area contributed by atoms with Crippen LogP contribution in [0.5, 0.6) is 0 Å². The van der Waals surface area contributed by atoms with Crippen LogP contribution in [0.4, 0.5) is 0 Å². The lowest BCUT2D eigenvalue weighted by atomic mass is 9.83. The maximum Gasteiger partial charge on any atom is 0.273 e. The summed E-state index contributed by atoms with van der Waals surface area (Å²) >= 11 is 0. The summed E-state index contributed by atoms with van der Waals surface area (Å²) in [6, 6.07) is 0. The van der Waals surface area contributed by atoms with Gasteiger partial charge in [0.05, 0.1) is 11.4 Å². The first-order chi connectivity index (χ1) is 11.5. The van der Waals surface area contributed by atoms with Crippen LogP contribution in [0.3, 0.4) is 0 Å². The molecule has 130 valence electrons. The zero-order valence-corrected chi connectivity index (χ0v) is 15.0. The highest BCUT2D eigenvalue weighted by Gasteiger charge is 2.21. The summed E-state index contributed by atoms with van der Waals surface area (Å²) in [5.74, 6) is 1.26. The van der Waals surface area contributed by atoms with Crippen LogP contribution < -0.4 is 5.32 Å². The molecule has 0 atom stereocenters. The van der Waals surface area contributed by atoms with E-state index in [0.29, 0.717) is 17.3 Å². The van der Waals surface area contributed by atoms with Crippen molar-refractivity contribution < 1.29 is 4.79 Å². The van der Waals surface area contributed by atoms with Crippen LogP contribution in [0.25, 0.3) is 5.70 Å². The second-order valence-corrected chi connectivity index (χ2v) is 6.59. The zero-order valence-electron chi connectivity index (χ0n) is 15.0. The van der Waals surface area contributed by atoms with E-state index < -0.39 is 0 Å². The highest BCUT2D eigenvalue weighted by Crippen LogP contribution is 2.27. The minimum Gasteiger partial charge on any atom is -0.350 e. The lowest BCUT2D eigenvalue weighted by molar-refractivity contribution is 0.0936. The van der Waals surface area contributed by atoms with Crippen molar-refractivity contribution in [2.45, 2.75) is 46.5 Å². The fourth-order valence-corrected chi connectivity index (χ4v) is 3.04. The molecule has 1 saturated carbocycles. The summed E-state index contributed by atoms with van der Waals surface area (Å²) in [4.78, 5) is 13.9. The Morgan fingerprint density at radius 1 is 1.33 bits per heavy atom. The zero-order chi connectivity index (χ0) is 17.5. The Labute approximate surface area is 144 Å². The molecule has 1 aromatic rings. The predicted octanol–water partition coefficient (Wildman–Crippen LogP) is 3.75. The number of nitrogens with one attached hydrogen (secondary N) is 1. The van der Waals surface area contributed by atoms with Crippen LogP contribution >= 0.6 is 0 Å².